The molecule has 0 spiro atoms. The maximum atomic E-state index is 5.64. The average molecular weight is 333 g/mol. The quantitative estimate of drug-likeness (QED) is 0.773. The molecule has 1 aliphatic heterocycles. The summed E-state index contributed by atoms with van der Waals surface area (Å²) in [6.45, 7) is 3.38. The Hall–Kier alpha value is -1.48. The van der Waals surface area contributed by atoms with Crippen molar-refractivity contribution in [2.45, 2.75) is 18.2 Å². The third-order valence-electron chi connectivity index (χ3n) is 3.43. The SMILES string of the molecule is Cc1cccc(CC(Br)c2ccc3c(c2)OCCO3)c1. The van der Waals surface area contributed by atoms with Crippen LogP contribution in [0.25, 0.3) is 0 Å². The van der Waals surface area contributed by atoms with E-state index < -0.39 is 0 Å². The maximum absolute atomic E-state index is 5.64. The highest BCUT2D eigenvalue weighted by Crippen LogP contribution is 2.36. The van der Waals surface area contributed by atoms with E-state index in [1.165, 1.54) is 16.7 Å². The van der Waals surface area contributed by atoms with E-state index in [0.717, 1.165) is 17.9 Å². The second-order valence-electron chi connectivity index (χ2n) is 5.06. The first-order valence-electron chi connectivity index (χ1n) is 6.81. The van der Waals surface area contributed by atoms with Crippen LogP contribution in [0, 0.1) is 6.92 Å². The fourth-order valence-corrected chi connectivity index (χ4v) is 3.08. The van der Waals surface area contributed by atoms with Gasteiger partial charge in [-0.2, -0.15) is 0 Å². The third kappa shape index (κ3) is 2.98. The van der Waals surface area contributed by atoms with Crippen LogP contribution in [0.4, 0.5) is 0 Å². The molecular formula is C17H17BrO2. The summed E-state index contributed by atoms with van der Waals surface area (Å²) in [7, 11) is 0. The van der Waals surface area contributed by atoms with Gasteiger partial charge in [0.25, 0.3) is 0 Å². The van der Waals surface area contributed by atoms with Gasteiger partial charge in [-0.05, 0) is 36.6 Å². The Labute approximate surface area is 127 Å². The Morgan fingerprint density at radius 3 is 2.65 bits per heavy atom. The van der Waals surface area contributed by atoms with E-state index in [1.807, 2.05) is 6.07 Å². The Bertz CT molecular complexity index is 610. The molecule has 0 fully saturated rings. The smallest absolute Gasteiger partial charge is 0.161 e. The van der Waals surface area contributed by atoms with Gasteiger partial charge >= 0.3 is 0 Å². The van der Waals surface area contributed by atoms with Crippen molar-refractivity contribution in [2.24, 2.45) is 0 Å². The van der Waals surface area contributed by atoms with Crippen molar-refractivity contribution in [2.75, 3.05) is 13.2 Å². The zero-order valence-electron chi connectivity index (χ0n) is 11.4. The second kappa shape index (κ2) is 5.88. The predicted molar refractivity (Wildman–Crippen MR) is 84.0 cm³/mol. The number of benzene rings is 2. The van der Waals surface area contributed by atoms with Crippen molar-refractivity contribution in [3.8, 4) is 11.5 Å². The topological polar surface area (TPSA) is 18.5 Å². The molecule has 1 atom stereocenters. The van der Waals surface area contributed by atoms with Gasteiger partial charge in [-0.15, -0.1) is 0 Å². The minimum atomic E-state index is 0.278. The lowest BCUT2D eigenvalue weighted by Gasteiger charge is -2.20. The number of hydrogen-bond donors (Lipinski definition) is 0. The van der Waals surface area contributed by atoms with Crippen molar-refractivity contribution >= 4 is 15.9 Å². The molecule has 0 N–H and O–H groups in total. The van der Waals surface area contributed by atoms with Crippen LogP contribution in [-0.4, -0.2) is 13.2 Å². The number of rotatable bonds is 3. The van der Waals surface area contributed by atoms with Crippen molar-refractivity contribution in [3.05, 3.63) is 59.2 Å². The standard InChI is InChI=1S/C17H17BrO2/c1-12-3-2-4-13(9-12)10-15(18)14-5-6-16-17(11-14)20-8-7-19-16/h2-6,9,11,15H,7-8,10H2,1H3. The molecule has 1 aliphatic rings. The van der Waals surface area contributed by atoms with E-state index in [1.54, 1.807) is 0 Å². The monoisotopic (exact) mass is 332 g/mol. The van der Waals surface area contributed by atoms with Crippen LogP contribution in [0.3, 0.4) is 0 Å². The van der Waals surface area contributed by atoms with E-state index in [2.05, 4.69) is 59.3 Å². The molecule has 20 heavy (non-hydrogen) atoms. The fourth-order valence-electron chi connectivity index (χ4n) is 2.42. The molecule has 3 heteroatoms. The molecule has 2 nitrogen and oxygen atoms in total. The molecule has 0 aromatic heterocycles. The highest BCUT2D eigenvalue weighted by Gasteiger charge is 2.15. The first-order chi connectivity index (χ1) is 9.72. The van der Waals surface area contributed by atoms with Crippen LogP contribution in [0.1, 0.15) is 21.5 Å². The van der Waals surface area contributed by atoms with Gasteiger partial charge in [0.2, 0.25) is 0 Å². The zero-order chi connectivity index (χ0) is 13.9. The summed E-state index contributed by atoms with van der Waals surface area (Å²) in [5.74, 6) is 1.69. The predicted octanol–water partition coefficient (Wildman–Crippen LogP) is 4.44. The van der Waals surface area contributed by atoms with Gasteiger partial charge in [0, 0.05) is 4.83 Å². The largest absolute Gasteiger partial charge is 0.486 e. The van der Waals surface area contributed by atoms with Crippen LogP contribution < -0.4 is 9.47 Å². The molecular weight excluding hydrogens is 316 g/mol. The highest BCUT2D eigenvalue weighted by molar-refractivity contribution is 9.09. The van der Waals surface area contributed by atoms with Gasteiger partial charge < -0.3 is 9.47 Å². The summed E-state index contributed by atoms with van der Waals surface area (Å²) in [6.07, 6.45) is 0.960. The molecule has 0 radical (unpaired) electrons. The summed E-state index contributed by atoms with van der Waals surface area (Å²) in [6, 6.07) is 14.8. The van der Waals surface area contributed by atoms with Gasteiger partial charge in [0.05, 0.1) is 0 Å². The lowest BCUT2D eigenvalue weighted by atomic mass is 10.0. The summed E-state index contributed by atoms with van der Waals surface area (Å²) < 4.78 is 11.2. The summed E-state index contributed by atoms with van der Waals surface area (Å²) in [4.78, 5) is 0.278. The van der Waals surface area contributed by atoms with Crippen LogP contribution in [-0.2, 0) is 6.42 Å². The minimum absolute atomic E-state index is 0.278. The Morgan fingerprint density at radius 2 is 1.85 bits per heavy atom. The van der Waals surface area contributed by atoms with Gasteiger partial charge in [-0.25, -0.2) is 0 Å². The molecule has 0 saturated heterocycles. The third-order valence-corrected chi connectivity index (χ3v) is 4.28. The van der Waals surface area contributed by atoms with Crippen LogP contribution in [0.15, 0.2) is 42.5 Å². The molecule has 1 heterocycles. The number of ether oxygens (including phenoxy) is 2. The van der Waals surface area contributed by atoms with Crippen molar-refractivity contribution in [3.63, 3.8) is 0 Å². The molecule has 1 unspecified atom stereocenters. The number of hydrogen-bond acceptors (Lipinski definition) is 2. The number of fused-ring (bicyclic) bond motifs is 1. The van der Waals surface area contributed by atoms with Crippen LogP contribution >= 0.6 is 15.9 Å². The van der Waals surface area contributed by atoms with Crippen LogP contribution in [0.5, 0.6) is 11.5 Å². The van der Waals surface area contributed by atoms with Crippen molar-refractivity contribution in [1.29, 1.82) is 0 Å². The normalized spacial score (nSPS) is 14.9. The zero-order valence-corrected chi connectivity index (χ0v) is 13.0. The summed E-state index contributed by atoms with van der Waals surface area (Å²) >= 11 is 3.78. The molecule has 2 aromatic carbocycles. The second-order valence-corrected chi connectivity index (χ2v) is 6.17. The number of aryl methyl sites for hydroxylation is 1. The fraction of sp³-hybridized carbons (Fsp3) is 0.294. The lowest BCUT2D eigenvalue weighted by molar-refractivity contribution is 0.171. The molecule has 0 bridgehead atoms. The van der Waals surface area contributed by atoms with Crippen LogP contribution in [0.2, 0.25) is 0 Å². The lowest BCUT2D eigenvalue weighted by Crippen LogP contribution is -2.15. The Balaban J connectivity index is 1.78. The Morgan fingerprint density at radius 1 is 1.05 bits per heavy atom. The highest BCUT2D eigenvalue weighted by atomic mass is 79.9. The Kier molecular flexibility index (Phi) is 3.97. The average Bonchev–Trinajstić information content (AvgIpc) is 2.47. The van der Waals surface area contributed by atoms with E-state index in [0.29, 0.717) is 13.2 Å². The minimum Gasteiger partial charge on any atom is -0.486 e. The molecule has 0 amide bonds. The molecule has 0 aliphatic carbocycles. The number of alkyl halides is 1. The molecule has 2 aromatic rings. The van der Waals surface area contributed by atoms with Gasteiger partial charge in [0.1, 0.15) is 13.2 Å². The van der Waals surface area contributed by atoms with Crippen molar-refractivity contribution in [1.82, 2.24) is 0 Å². The first kappa shape index (κ1) is 13.5. The van der Waals surface area contributed by atoms with E-state index in [4.69, 9.17) is 9.47 Å². The van der Waals surface area contributed by atoms with E-state index in [-0.39, 0.29) is 4.83 Å². The van der Waals surface area contributed by atoms with Gasteiger partial charge in [0.15, 0.2) is 11.5 Å². The maximum Gasteiger partial charge on any atom is 0.161 e. The molecule has 104 valence electrons. The number of halogens is 1. The first-order valence-corrected chi connectivity index (χ1v) is 7.73. The van der Waals surface area contributed by atoms with E-state index in [9.17, 15) is 0 Å². The molecule has 3 rings (SSSR count). The van der Waals surface area contributed by atoms with Crippen molar-refractivity contribution < 1.29 is 9.47 Å². The summed E-state index contributed by atoms with van der Waals surface area (Å²) in [5.41, 5.74) is 3.85. The van der Waals surface area contributed by atoms with Gasteiger partial charge in [-0.1, -0.05) is 51.8 Å². The van der Waals surface area contributed by atoms with Gasteiger partial charge in [-0.3, -0.25) is 0 Å². The van der Waals surface area contributed by atoms with E-state index >= 15 is 0 Å². The molecule has 0 saturated carbocycles. The summed E-state index contributed by atoms with van der Waals surface area (Å²) in [5, 5.41) is 0.